The molecule has 1 heterocycles. The van der Waals surface area contributed by atoms with Crippen molar-refractivity contribution in [2.24, 2.45) is 5.92 Å². The third-order valence-electron chi connectivity index (χ3n) is 5.04. The molecule has 1 aromatic heterocycles. The number of aromatic nitrogens is 1. The fourth-order valence-corrected chi connectivity index (χ4v) is 5.32. The molecule has 0 radical (unpaired) electrons. The minimum Gasteiger partial charge on any atom is -0.355 e. The average Bonchev–Trinajstić information content (AvgIpc) is 3.09. The molecule has 3 rings (SSSR count). The number of carbonyl (C=O) groups is 1. The number of nitrogens with one attached hydrogen (secondary N) is 1. The Morgan fingerprint density at radius 2 is 2.08 bits per heavy atom. The third kappa shape index (κ3) is 5.85. The molecule has 140 valence electrons. The average molecular weight is 389 g/mol. The van der Waals surface area contributed by atoms with Crippen LogP contribution in [-0.4, -0.2) is 17.4 Å². The molecule has 26 heavy (non-hydrogen) atoms. The summed E-state index contributed by atoms with van der Waals surface area (Å²) in [5.74, 6) is 1.70. The molecule has 1 aliphatic carbocycles. The third-order valence-corrected chi connectivity index (χ3v) is 7.16. The second-order valence-electron chi connectivity index (χ2n) is 7.31. The van der Waals surface area contributed by atoms with Crippen molar-refractivity contribution in [2.75, 3.05) is 6.54 Å². The first-order valence-corrected chi connectivity index (χ1v) is 11.4. The molecule has 1 fully saturated rings. The number of rotatable bonds is 7. The molecule has 0 unspecified atom stereocenters. The van der Waals surface area contributed by atoms with Crippen LogP contribution in [0.3, 0.4) is 0 Å². The van der Waals surface area contributed by atoms with Gasteiger partial charge in [0.05, 0.1) is 12.1 Å². The summed E-state index contributed by atoms with van der Waals surface area (Å²) >= 11 is 3.39. The van der Waals surface area contributed by atoms with Gasteiger partial charge < -0.3 is 5.32 Å². The zero-order valence-electron chi connectivity index (χ0n) is 15.7. The maximum Gasteiger partial charge on any atom is 0.226 e. The number of carbonyl (C=O) groups excluding carboxylic acids is 1. The molecular formula is C21H28N2OS2. The zero-order chi connectivity index (χ0) is 18.4. The van der Waals surface area contributed by atoms with E-state index in [2.05, 4.69) is 42.3 Å². The Balaban J connectivity index is 1.45. The van der Waals surface area contributed by atoms with E-state index in [1.807, 2.05) is 5.38 Å². The van der Waals surface area contributed by atoms with Crippen molar-refractivity contribution in [1.82, 2.24) is 10.3 Å². The Kier molecular flexibility index (Phi) is 7.15. The normalized spacial score (nSPS) is 15.2. The fourth-order valence-electron chi connectivity index (χ4n) is 3.41. The van der Waals surface area contributed by atoms with Crippen molar-refractivity contribution in [1.29, 1.82) is 0 Å². The highest BCUT2D eigenvalue weighted by Crippen LogP contribution is 2.28. The number of benzene rings is 1. The molecule has 2 aromatic rings. The Labute approximate surface area is 165 Å². The number of thiazole rings is 1. The lowest BCUT2D eigenvalue weighted by Crippen LogP contribution is -2.31. The molecule has 0 atom stereocenters. The van der Waals surface area contributed by atoms with E-state index in [0.29, 0.717) is 12.3 Å². The van der Waals surface area contributed by atoms with Gasteiger partial charge in [0.15, 0.2) is 0 Å². The van der Waals surface area contributed by atoms with Crippen LogP contribution in [0, 0.1) is 19.8 Å². The zero-order valence-corrected chi connectivity index (χ0v) is 17.3. The Morgan fingerprint density at radius 3 is 2.88 bits per heavy atom. The van der Waals surface area contributed by atoms with Crippen LogP contribution in [0.4, 0.5) is 0 Å². The Hall–Kier alpha value is -1.33. The summed E-state index contributed by atoms with van der Waals surface area (Å²) in [6.07, 6.45) is 6.90. The maximum absolute atomic E-state index is 12.2. The van der Waals surface area contributed by atoms with Gasteiger partial charge in [0.1, 0.15) is 4.34 Å². The second-order valence-corrected chi connectivity index (χ2v) is 9.39. The van der Waals surface area contributed by atoms with E-state index in [9.17, 15) is 4.79 Å². The van der Waals surface area contributed by atoms with Crippen LogP contribution in [-0.2, 0) is 17.0 Å². The van der Waals surface area contributed by atoms with Crippen molar-refractivity contribution in [3.8, 4) is 0 Å². The predicted octanol–water partition coefficient (Wildman–Crippen LogP) is 5.29. The molecule has 1 aliphatic rings. The van der Waals surface area contributed by atoms with Gasteiger partial charge in [-0.1, -0.05) is 54.8 Å². The molecule has 0 aliphatic heterocycles. The van der Waals surface area contributed by atoms with E-state index in [1.54, 1.807) is 23.1 Å². The predicted molar refractivity (Wildman–Crippen MR) is 111 cm³/mol. The second kappa shape index (κ2) is 9.56. The number of amides is 1. The lowest BCUT2D eigenvalue weighted by atomic mass is 9.89. The fraction of sp³-hybridized carbons (Fsp3) is 0.524. The van der Waals surface area contributed by atoms with Crippen molar-refractivity contribution < 1.29 is 4.79 Å². The SMILES string of the molecule is Cc1ccc(C)c(CSc2nc(CC(=O)NCC3CCCCC3)cs2)c1. The first-order valence-electron chi connectivity index (χ1n) is 9.50. The largest absolute Gasteiger partial charge is 0.355 e. The first-order chi connectivity index (χ1) is 12.6. The number of hydrogen-bond acceptors (Lipinski definition) is 4. The van der Waals surface area contributed by atoms with Crippen molar-refractivity contribution in [2.45, 2.75) is 62.5 Å². The number of hydrogen-bond donors (Lipinski definition) is 1. The monoisotopic (exact) mass is 388 g/mol. The summed E-state index contributed by atoms with van der Waals surface area (Å²) in [6.45, 7) is 5.11. The Bertz CT molecular complexity index is 735. The smallest absolute Gasteiger partial charge is 0.226 e. The highest BCUT2D eigenvalue weighted by Gasteiger charge is 2.15. The van der Waals surface area contributed by atoms with Gasteiger partial charge in [-0.15, -0.1) is 11.3 Å². The van der Waals surface area contributed by atoms with Gasteiger partial charge in [-0.2, -0.15) is 0 Å². The Morgan fingerprint density at radius 1 is 1.27 bits per heavy atom. The van der Waals surface area contributed by atoms with E-state index >= 15 is 0 Å². The molecule has 1 amide bonds. The van der Waals surface area contributed by atoms with Crippen LogP contribution in [0.5, 0.6) is 0 Å². The molecule has 5 heteroatoms. The van der Waals surface area contributed by atoms with E-state index in [4.69, 9.17) is 0 Å². The number of nitrogens with zero attached hydrogens (tertiary/aromatic N) is 1. The van der Waals surface area contributed by atoms with Gasteiger partial charge in [-0.25, -0.2) is 4.98 Å². The highest BCUT2D eigenvalue weighted by molar-refractivity contribution is 8.00. The molecule has 3 nitrogen and oxygen atoms in total. The highest BCUT2D eigenvalue weighted by atomic mass is 32.2. The molecule has 1 saturated carbocycles. The van der Waals surface area contributed by atoms with Gasteiger partial charge in [-0.05, 0) is 43.7 Å². The van der Waals surface area contributed by atoms with E-state index in [1.165, 1.54) is 48.8 Å². The lowest BCUT2D eigenvalue weighted by molar-refractivity contribution is -0.120. The summed E-state index contributed by atoms with van der Waals surface area (Å²) < 4.78 is 1.04. The van der Waals surface area contributed by atoms with Crippen LogP contribution in [0.15, 0.2) is 27.9 Å². The van der Waals surface area contributed by atoms with Crippen molar-refractivity contribution in [3.63, 3.8) is 0 Å². The first kappa shape index (κ1) is 19.4. The van der Waals surface area contributed by atoms with E-state index < -0.39 is 0 Å². The number of aryl methyl sites for hydroxylation is 2. The quantitative estimate of drug-likeness (QED) is 0.655. The minimum atomic E-state index is 0.104. The van der Waals surface area contributed by atoms with Crippen LogP contribution in [0.2, 0.25) is 0 Å². The number of thioether (sulfide) groups is 1. The molecule has 0 bridgehead atoms. The lowest BCUT2D eigenvalue weighted by Gasteiger charge is -2.21. The van der Waals surface area contributed by atoms with Crippen LogP contribution in [0.25, 0.3) is 0 Å². The van der Waals surface area contributed by atoms with Gasteiger partial charge in [0.25, 0.3) is 0 Å². The minimum absolute atomic E-state index is 0.104. The standard InChI is InChI=1S/C21H28N2OS2/c1-15-8-9-16(2)18(10-15)13-25-21-23-19(14-26-21)11-20(24)22-12-17-6-4-3-5-7-17/h8-10,14,17H,3-7,11-13H2,1-2H3,(H,22,24). The summed E-state index contributed by atoms with van der Waals surface area (Å²) in [6, 6.07) is 6.57. The van der Waals surface area contributed by atoms with E-state index in [0.717, 1.165) is 22.3 Å². The van der Waals surface area contributed by atoms with Crippen molar-refractivity contribution in [3.05, 3.63) is 46.0 Å². The van der Waals surface area contributed by atoms with Crippen molar-refractivity contribution >= 4 is 29.0 Å². The molecule has 1 aromatic carbocycles. The molecular weight excluding hydrogens is 360 g/mol. The van der Waals surface area contributed by atoms with Crippen LogP contribution < -0.4 is 5.32 Å². The van der Waals surface area contributed by atoms with E-state index in [-0.39, 0.29) is 5.91 Å². The molecule has 1 N–H and O–H groups in total. The van der Waals surface area contributed by atoms with Gasteiger partial charge in [-0.3, -0.25) is 4.79 Å². The van der Waals surface area contributed by atoms with Crippen LogP contribution in [0.1, 0.15) is 54.5 Å². The summed E-state index contributed by atoms with van der Waals surface area (Å²) in [4.78, 5) is 16.8. The summed E-state index contributed by atoms with van der Waals surface area (Å²) in [5, 5.41) is 5.12. The van der Waals surface area contributed by atoms with Crippen LogP contribution >= 0.6 is 23.1 Å². The summed E-state index contributed by atoms with van der Waals surface area (Å²) in [7, 11) is 0. The van der Waals surface area contributed by atoms with Gasteiger partial charge in [0, 0.05) is 17.7 Å². The van der Waals surface area contributed by atoms with Gasteiger partial charge in [0.2, 0.25) is 5.91 Å². The van der Waals surface area contributed by atoms with Gasteiger partial charge >= 0.3 is 0 Å². The topological polar surface area (TPSA) is 42.0 Å². The summed E-state index contributed by atoms with van der Waals surface area (Å²) in [5.41, 5.74) is 4.86. The molecule has 0 saturated heterocycles. The molecule has 0 spiro atoms. The maximum atomic E-state index is 12.2.